The molecular formula is C27H29Cl2NO3. The van der Waals surface area contributed by atoms with E-state index in [0.29, 0.717) is 28.3 Å². The molecule has 1 saturated heterocycles. The molecule has 0 spiro atoms. The van der Waals surface area contributed by atoms with E-state index < -0.39 is 11.4 Å². The number of carboxylic acid groups (broad SMARTS) is 1. The normalized spacial score (nSPS) is 27.8. The van der Waals surface area contributed by atoms with Crippen LogP contribution in [0.4, 0.5) is 0 Å². The smallest absolute Gasteiger partial charge is 0.304 e. The van der Waals surface area contributed by atoms with Crippen molar-refractivity contribution in [2.24, 2.45) is 17.3 Å². The van der Waals surface area contributed by atoms with Crippen LogP contribution < -0.4 is 0 Å². The molecule has 1 heterocycles. The zero-order valence-electron chi connectivity index (χ0n) is 18.7. The molecule has 174 valence electrons. The number of halogens is 2. The Labute approximate surface area is 204 Å². The molecular weight excluding hydrogens is 457 g/mol. The Bertz CT molecular complexity index is 1050. The van der Waals surface area contributed by atoms with Crippen LogP contribution >= 0.6 is 23.2 Å². The lowest BCUT2D eigenvalue weighted by molar-refractivity contribution is -0.161. The van der Waals surface area contributed by atoms with Crippen LogP contribution in [0.3, 0.4) is 0 Å². The van der Waals surface area contributed by atoms with Gasteiger partial charge in [0.05, 0.1) is 17.9 Å². The molecule has 1 amide bonds. The molecule has 3 aliphatic rings. The van der Waals surface area contributed by atoms with E-state index in [9.17, 15) is 14.7 Å². The molecule has 6 heteroatoms. The van der Waals surface area contributed by atoms with Crippen molar-refractivity contribution in [2.45, 2.75) is 63.5 Å². The highest BCUT2D eigenvalue weighted by molar-refractivity contribution is 6.30. The molecule has 5 rings (SSSR count). The molecule has 33 heavy (non-hydrogen) atoms. The molecule has 2 saturated carbocycles. The Morgan fingerprint density at radius 3 is 2.21 bits per heavy atom. The minimum Gasteiger partial charge on any atom is -0.481 e. The van der Waals surface area contributed by atoms with Gasteiger partial charge in [-0.3, -0.25) is 9.59 Å². The minimum atomic E-state index is -0.968. The van der Waals surface area contributed by atoms with Crippen molar-refractivity contribution in [2.75, 3.05) is 0 Å². The van der Waals surface area contributed by atoms with E-state index in [1.165, 1.54) is 0 Å². The quantitative estimate of drug-likeness (QED) is 0.473. The minimum absolute atomic E-state index is 0.0214. The van der Waals surface area contributed by atoms with Crippen LogP contribution in [0.5, 0.6) is 0 Å². The van der Waals surface area contributed by atoms with Crippen LogP contribution in [-0.4, -0.2) is 27.9 Å². The molecule has 0 radical (unpaired) electrons. The van der Waals surface area contributed by atoms with Crippen molar-refractivity contribution < 1.29 is 14.7 Å². The summed E-state index contributed by atoms with van der Waals surface area (Å²) in [6.45, 7) is 1.84. The van der Waals surface area contributed by atoms with Crippen LogP contribution in [0.25, 0.3) is 0 Å². The summed E-state index contributed by atoms with van der Waals surface area (Å²) in [6, 6.07) is 15.6. The third-order valence-corrected chi connectivity index (χ3v) is 8.15. The number of rotatable bonds is 7. The molecule has 1 aliphatic heterocycles. The average Bonchev–Trinajstić information content (AvgIpc) is 3.67. The number of amides is 1. The summed E-state index contributed by atoms with van der Waals surface area (Å²) in [6.07, 6.45) is 4.83. The van der Waals surface area contributed by atoms with E-state index in [0.717, 1.165) is 36.8 Å². The topological polar surface area (TPSA) is 57.6 Å². The number of aliphatic carboxylic acids is 1. The molecule has 1 N–H and O–H groups in total. The molecule has 1 unspecified atom stereocenters. The van der Waals surface area contributed by atoms with E-state index in [1.54, 1.807) is 0 Å². The van der Waals surface area contributed by atoms with Crippen LogP contribution in [0, 0.1) is 17.3 Å². The number of carbonyl (C=O) groups excluding carboxylic acids is 1. The van der Waals surface area contributed by atoms with E-state index in [-0.39, 0.29) is 30.3 Å². The number of carbonyl (C=O) groups is 2. The number of hydrogen-bond donors (Lipinski definition) is 1. The summed E-state index contributed by atoms with van der Waals surface area (Å²) in [7, 11) is 0. The maximum atomic E-state index is 14.2. The first-order valence-corrected chi connectivity index (χ1v) is 12.6. The van der Waals surface area contributed by atoms with Gasteiger partial charge < -0.3 is 10.0 Å². The van der Waals surface area contributed by atoms with Gasteiger partial charge in [-0.2, -0.15) is 0 Å². The summed E-state index contributed by atoms with van der Waals surface area (Å²) < 4.78 is 0. The van der Waals surface area contributed by atoms with Gasteiger partial charge in [0.25, 0.3) is 0 Å². The zero-order chi connectivity index (χ0) is 23.3. The number of piperidine rings is 1. The standard InChI is InChI=1S/C27H29Cl2NO3/c1-27(15-23(31)32)14-22(19-3-2-4-21(29)13-19)25(18-9-11-20(28)12-10-18)30(26(27)33)24(16-5-6-16)17-7-8-17/h2-4,9-13,16-17,22,24-25H,5-8,14-15H2,1H3,(H,31,32)/t22-,25?,27-/m1/s1. The summed E-state index contributed by atoms with van der Waals surface area (Å²) in [4.78, 5) is 28.2. The van der Waals surface area contributed by atoms with E-state index in [2.05, 4.69) is 11.0 Å². The predicted octanol–water partition coefficient (Wildman–Crippen LogP) is 6.72. The SMILES string of the molecule is C[C@]1(CC(=O)O)C[C@H](c2cccc(Cl)c2)C(c2ccc(Cl)cc2)N(C(C2CC2)C2CC2)C1=O. The average molecular weight is 486 g/mol. The molecule has 2 aliphatic carbocycles. The Morgan fingerprint density at radius 1 is 1.03 bits per heavy atom. The summed E-state index contributed by atoms with van der Waals surface area (Å²) in [5.41, 5.74) is 1.12. The molecule has 0 bridgehead atoms. The van der Waals surface area contributed by atoms with E-state index in [1.807, 2.05) is 49.4 Å². The predicted molar refractivity (Wildman–Crippen MR) is 129 cm³/mol. The fraction of sp³-hybridized carbons (Fsp3) is 0.481. The van der Waals surface area contributed by atoms with Crippen LogP contribution in [0.15, 0.2) is 48.5 Å². The first-order valence-electron chi connectivity index (χ1n) is 11.8. The van der Waals surface area contributed by atoms with Crippen LogP contribution in [0.1, 0.15) is 68.5 Å². The summed E-state index contributed by atoms with van der Waals surface area (Å²) >= 11 is 12.6. The maximum absolute atomic E-state index is 14.2. The van der Waals surface area contributed by atoms with Gasteiger partial charge in [0.15, 0.2) is 0 Å². The van der Waals surface area contributed by atoms with Gasteiger partial charge in [-0.1, -0.05) is 54.4 Å². The van der Waals surface area contributed by atoms with E-state index >= 15 is 0 Å². The highest BCUT2D eigenvalue weighted by Gasteiger charge is 2.57. The number of carboxylic acids is 1. The highest BCUT2D eigenvalue weighted by Crippen LogP contribution is 2.57. The van der Waals surface area contributed by atoms with Gasteiger partial charge in [-0.05, 0) is 79.3 Å². The number of nitrogens with zero attached hydrogens (tertiary/aromatic N) is 1. The second kappa shape index (κ2) is 8.63. The number of benzene rings is 2. The van der Waals surface area contributed by atoms with Gasteiger partial charge in [0.2, 0.25) is 5.91 Å². The van der Waals surface area contributed by atoms with Crippen molar-refractivity contribution in [3.05, 3.63) is 69.7 Å². The highest BCUT2D eigenvalue weighted by atomic mass is 35.5. The lowest BCUT2D eigenvalue weighted by Crippen LogP contribution is -2.57. The van der Waals surface area contributed by atoms with Gasteiger partial charge in [0.1, 0.15) is 0 Å². The fourth-order valence-corrected chi connectivity index (χ4v) is 6.25. The van der Waals surface area contributed by atoms with Crippen molar-refractivity contribution in [1.29, 1.82) is 0 Å². The third kappa shape index (κ3) is 4.52. The van der Waals surface area contributed by atoms with Gasteiger partial charge in [-0.15, -0.1) is 0 Å². The molecule has 4 nitrogen and oxygen atoms in total. The lowest BCUT2D eigenvalue weighted by Gasteiger charge is -2.52. The Balaban J connectivity index is 1.68. The van der Waals surface area contributed by atoms with Crippen molar-refractivity contribution >= 4 is 35.1 Å². The molecule has 3 atom stereocenters. The zero-order valence-corrected chi connectivity index (χ0v) is 20.2. The Hall–Kier alpha value is -2.04. The van der Waals surface area contributed by atoms with Gasteiger partial charge in [0, 0.05) is 22.0 Å². The number of hydrogen-bond acceptors (Lipinski definition) is 2. The summed E-state index contributed by atoms with van der Waals surface area (Å²) in [5.74, 6) is -0.0132. The van der Waals surface area contributed by atoms with Gasteiger partial charge >= 0.3 is 5.97 Å². The maximum Gasteiger partial charge on any atom is 0.304 e. The third-order valence-electron chi connectivity index (χ3n) is 7.66. The fourth-order valence-electron chi connectivity index (χ4n) is 5.92. The Kier molecular flexibility index (Phi) is 5.95. The van der Waals surface area contributed by atoms with Crippen molar-refractivity contribution in [1.82, 2.24) is 4.90 Å². The second-order valence-corrected chi connectivity index (χ2v) is 11.2. The van der Waals surface area contributed by atoms with Crippen molar-refractivity contribution in [3.8, 4) is 0 Å². The van der Waals surface area contributed by atoms with Crippen LogP contribution in [0.2, 0.25) is 10.0 Å². The molecule has 2 aromatic rings. The first kappa shape index (κ1) is 22.7. The lowest BCUT2D eigenvalue weighted by atomic mass is 9.66. The van der Waals surface area contributed by atoms with Gasteiger partial charge in [-0.25, -0.2) is 0 Å². The monoisotopic (exact) mass is 485 g/mol. The number of likely N-dealkylation sites (tertiary alicyclic amines) is 1. The largest absolute Gasteiger partial charge is 0.481 e. The second-order valence-electron chi connectivity index (χ2n) is 10.4. The Morgan fingerprint density at radius 2 is 1.67 bits per heavy atom. The summed E-state index contributed by atoms with van der Waals surface area (Å²) in [5, 5.41) is 11.0. The van der Waals surface area contributed by atoms with E-state index in [4.69, 9.17) is 23.2 Å². The molecule has 2 aromatic carbocycles. The van der Waals surface area contributed by atoms with Crippen LogP contribution in [-0.2, 0) is 9.59 Å². The van der Waals surface area contributed by atoms with Crippen molar-refractivity contribution in [3.63, 3.8) is 0 Å². The first-order chi connectivity index (χ1) is 15.8. The molecule has 0 aromatic heterocycles. The molecule has 3 fully saturated rings.